The Kier molecular flexibility index (Phi) is 4.65. The first-order valence-corrected chi connectivity index (χ1v) is 7.01. The van der Waals surface area contributed by atoms with Crippen molar-refractivity contribution in [1.29, 1.82) is 0 Å². The molecule has 0 saturated carbocycles. The molecule has 0 unspecified atom stereocenters. The van der Waals surface area contributed by atoms with Crippen LogP contribution in [0.3, 0.4) is 0 Å². The number of esters is 1. The lowest BCUT2D eigenvalue weighted by atomic mass is 10.0. The number of hydrogen-bond acceptors (Lipinski definition) is 4. The normalized spacial score (nSPS) is 11.8. The predicted octanol–water partition coefficient (Wildman–Crippen LogP) is 3.39. The molecule has 1 N–H and O–H groups in total. The van der Waals surface area contributed by atoms with Gasteiger partial charge in [-0.1, -0.05) is 17.7 Å². The van der Waals surface area contributed by atoms with E-state index >= 15 is 0 Å². The molecule has 0 aliphatic heterocycles. The van der Waals surface area contributed by atoms with Gasteiger partial charge in [0, 0.05) is 5.69 Å². The second-order valence-corrected chi connectivity index (χ2v) is 5.29. The minimum Gasteiger partial charge on any atom is -0.457 e. The molecule has 1 heterocycles. The molecule has 2 aromatic rings. The molecular formula is C17H19NO4. The second-order valence-electron chi connectivity index (χ2n) is 5.29. The Bertz CT molecular complexity index is 666. The average molecular weight is 301 g/mol. The van der Waals surface area contributed by atoms with Crippen LogP contribution in [0.5, 0.6) is 0 Å². The predicted molar refractivity (Wildman–Crippen MR) is 82.9 cm³/mol. The van der Waals surface area contributed by atoms with Crippen molar-refractivity contribution < 1.29 is 18.7 Å². The van der Waals surface area contributed by atoms with E-state index in [1.807, 2.05) is 32.9 Å². The fraction of sp³-hybridized carbons (Fsp3) is 0.294. The number of benzene rings is 1. The van der Waals surface area contributed by atoms with E-state index in [4.69, 9.17) is 9.15 Å². The Labute approximate surface area is 129 Å². The van der Waals surface area contributed by atoms with Crippen LogP contribution in [-0.2, 0) is 9.53 Å². The van der Waals surface area contributed by atoms with E-state index in [2.05, 4.69) is 5.32 Å². The van der Waals surface area contributed by atoms with E-state index in [0.29, 0.717) is 0 Å². The second kappa shape index (κ2) is 6.47. The minimum atomic E-state index is -0.919. The fourth-order valence-electron chi connectivity index (χ4n) is 2.27. The summed E-state index contributed by atoms with van der Waals surface area (Å²) < 4.78 is 10.0. The van der Waals surface area contributed by atoms with Crippen LogP contribution in [0.15, 0.2) is 34.9 Å². The minimum absolute atomic E-state index is 0.0716. The first-order valence-electron chi connectivity index (χ1n) is 7.01. The van der Waals surface area contributed by atoms with Crippen molar-refractivity contribution in [3.8, 4) is 0 Å². The van der Waals surface area contributed by atoms with Gasteiger partial charge in [0.2, 0.25) is 5.76 Å². The molecule has 1 aromatic carbocycles. The lowest BCUT2D eigenvalue weighted by Crippen LogP contribution is -2.30. The molecule has 116 valence electrons. The van der Waals surface area contributed by atoms with Crippen molar-refractivity contribution in [2.24, 2.45) is 0 Å². The number of rotatable bonds is 4. The number of amides is 1. The summed E-state index contributed by atoms with van der Waals surface area (Å²) in [6.07, 6.45) is 0.457. The first-order chi connectivity index (χ1) is 10.4. The van der Waals surface area contributed by atoms with E-state index in [-0.39, 0.29) is 11.7 Å². The van der Waals surface area contributed by atoms with Crippen molar-refractivity contribution in [1.82, 2.24) is 0 Å². The van der Waals surface area contributed by atoms with Crippen LogP contribution in [0.4, 0.5) is 5.69 Å². The van der Waals surface area contributed by atoms with Crippen LogP contribution in [0.25, 0.3) is 0 Å². The van der Waals surface area contributed by atoms with Gasteiger partial charge in [-0.3, -0.25) is 4.79 Å². The summed E-state index contributed by atoms with van der Waals surface area (Å²) in [6, 6.07) is 7.05. The van der Waals surface area contributed by atoms with E-state index in [1.165, 1.54) is 19.3 Å². The molecule has 2 rings (SSSR count). The average Bonchev–Trinajstić information content (AvgIpc) is 2.96. The molecular weight excluding hydrogens is 282 g/mol. The molecule has 0 aliphatic carbocycles. The quantitative estimate of drug-likeness (QED) is 0.879. The van der Waals surface area contributed by atoms with Crippen molar-refractivity contribution in [3.05, 3.63) is 53.0 Å². The number of carbonyl (C=O) groups excluding carboxylic acids is 2. The Balaban J connectivity index is 2.04. The van der Waals surface area contributed by atoms with E-state index in [9.17, 15) is 9.59 Å². The molecule has 5 heteroatoms. The molecule has 1 aromatic heterocycles. The van der Waals surface area contributed by atoms with Gasteiger partial charge in [-0.25, -0.2) is 4.79 Å². The van der Waals surface area contributed by atoms with E-state index in [1.54, 1.807) is 6.07 Å². The highest BCUT2D eigenvalue weighted by molar-refractivity contribution is 5.97. The van der Waals surface area contributed by atoms with Crippen molar-refractivity contribution in [2.45, 2.75) is 33.8 Å². The van der Waals surface area contributed by atoms with Gasteiger partial charge in [-0.15, -0.1) is 0 Å². The van der Waals surface area contributed by atoms with E-state index in [0.717, 1.165) is 22.4 Å². The highest BCUT2D eigenvalue weighted by atomic mass is 16.6. The lowest BCUT2D eigenvalue weighted by molar-refractivity contribution is -0.123. The molecule has 0 fully saturated rings. The number of ether oxygens (including phenoxy) is 1. The standard InChI is InChI=1S/C17H19NO4/c1-10-8-11(2)15(12(3)9-10)18-16(19)13(4)22-17(20)14-6-5-7-21-14/h5-9,13H,1-4H3,(H,18,19)/t13-/m0/s1. The van der Waals surface area contributed by atoms with Gasteiger partial charge >= 0.3 is 5.97 Å². The molecule has 0 spiro atoms. The van der Waals surface area contributed by atoms with Crippen molar-refractivity contribution in [2.75, 3.05) is 5.32 Å². The van der Waals surface area contributed by atoms with Crippen LogP contribution in [-0.4, -0.2) is 18.0 Å². The topological polar surface area (TPSA) is 68.5 Å². The van der Waals surface area contributed by atoms with Gasteiger partial charge in [0.05, 0.1) is 6.26 Å². The number of furan rings is 1. The first kappa shape index (κ1) is 15.8. The van der Waals surface area contributed by atoms with Gasteiger partial charge in [0.1, 0.15) is 0 Å². The summed E-state index contributed by atoms with van der Waals surface area (Å²) in [5, 5.41) is 2.81. The van der Waals surface area contributed by atoms with Crippen LogP contribution in [0, 0.1) is 20.8 Å². The Morgan fingerprint density at radius 3 is 2.36 bits per heavy atom. The van der Waals surface area contributed by atoms with Gasteiger partial charge in [-0.2, -0.15) is 0 Å². The third-order valence-corrected chi connectivity index (χ3v) is 3.30. The molecule has 1 amide bonds. The van der Waals surface area contributed by atoms with E-state index < -0.39 is 12.1 Å². The Hall–Kier alpha value is -2.56. The summed E-state index contributed by atoms with van der Waals surface area (Å²) in [5.74, 6) is -0.970. The monoisotopic (exact) mass is 301 g/mol. The van der Waals surface area contributed by atoms with Crippen LogP contribution < -0.4 is 5.32 Å². The van der Waals surface area contributed by atoms with Gasteiger partial charge in [0.25, 0.3) is 5.91 Å². The van der Waals surface area contributed by atoms with Gasteiger partial charge in [0.15, 0.2) is 6.10 Å². The van der Waals surface area contributed by atoms with Gasteiger partial charge in [-0.05, 0) is 51.0 Å². The smallest absolute Gasteiger partial charge is 0.374 e. The maximum atomic E-state index is 12.2. The Morgan fingerprint density at radius 2 is 1.82 bits per heavy atom. The largest absolute Gasteiger partial charge is 0.457 e. The van der Waals surface area contributed by atoms with Crippen molar-refractivity contribution >= 4 is 17.6 Å². The van der Waals surface area contributed by atoms with Gasteiger partial charge < -0.3 is 14.5 Å². The van der Waals surface area contributed by atoms with Crippen molar-refractivity contribution in [3.63, 3.8) is 0 Å². The van der Waals surface area contributed by atoms with Crippen LogP contribution in [0.1, 0.15) is 34.2 Å². The summed E-state index contributed by atoms with van der Waals surface area (Å²) in [5.41, 5.74) is 3.81. The van der Waals surface area contributed by atoms with Crippen LogP contribution >= 0.6 is 0 Å². The van der Waals surface area contributed by atoms with Crippen LogP contribution in [0.2, 0.25) is 0 Å². The summed E-state index contributed by atoms with van der Waals surface area (Å²) in [7, 11) is 0. The molecule has 1 atom stereocenters. The zero-order valence-corrected chi connectivity index (χ0v) is 13.1. The SMILES string of the molecule is Cc1cc(C)c(NC(=O)[C@H](C)OC(=O)c2ccco2)c(C)c1. The number of carbonyl (C=O) groups is 2. The molecule has 22 heavy (non-hydrogen) atoms. The lowest BCUT2D eigenvalue weighted by Gasteiger charge is -2.16. The highest BCUT2D eigenvalue weighted by Crippen LogP contribution is 2.22. The summed E-state index contributed by atoms with van der Waals surface area (Å²) >= 11 is 0. The number of hydrogen-bond donors (Lipinski definition) is 1. The molecule has 0 saturated heterocycles. The third-order valence-electron chi connectivity index (χ3n) is 3.30. The number of nitrogens with one attached hydrogen (secondary N) is 1. The molecule has 5 nitrogen and oxygen atoms in total. The zero-order chi connectivity index (χ0) is 16.3. The number of aryl methyl sites for hydroxylation is 3. The highest BCUT2D eigenvalue weighted by Gasteiger charge is 2.21. The maximum absolute atomic E-state index is 12.2. The molecule has 0 aliphatic rings. The summed E-state index contributed by atoms with van der Waals surface area (Å²) in [4.78, 5) is 23.9. The zero-order valence-electron chi connectivity index (χ0n) is 13.1. The number of anilines is 1. The summed E-state index contributed by atoms with van der Waals surface area (Å²) in [6.45, 7) is 7.37. The molecule has 0 bridgehead atoms. The third kappa shape index (κ3) is 3.55. The Morgan fingerprint density at radius 1 is 1.18 bits per heavy atom. The fourth-order valence-corrected chi connectivity index (χ4v) is 2.27. The maximum Gasteiger partial charge on any atom is 0.374 e. The molecule has 0 radical (unpaired) electrons.